The minimum Gasteiger partial charge on any atom is -0.494 e. The van der Waals surface area contributed by atoms with Crippen LogP contribution in [0.4, 0.5) is 0 Å². The van der Waals surface area contributed by atoms with Crippen LogP contribution in [0.25, 0.3) is 0 Å². The van der Waals surface area contributed by atoms with E-state index in [0.717, 1.165) is 11.8 Å². The van der Waals surface area contributed by atoms with Gasteiger partial charge in [-0.25, -0.2) is 0 Å². The Hall–Kier alpha value is -1.19. The van der Waals surface area contributed by atoms with Gasteiger partial charge < -0.3 is 14.4 Å². The van der Waals surface area contributed by atoms with Crippen LogP contribution in [0, 0.1) is 23.7 Å². The van der Waals surface area contributed by atoms with Crippen LogP contribution in [-0.2, 0) is 14.3 Å². The van der Waals surface area contributed by atoms with Gasteiger partial charge in [-0.15, -0.1) is 0 Å². The van der Waals surface area contributed by atoms with Gasteiger partial charge in [0.05, 0.1) is 0 Å². The number of amides is 1. The van der Waals surface area contributed by atoms with Crippen LogP contribution in [0.3, 0.4) is 0 Å². The van der Waals surface area contributed by atoms with E-state index in [2.05, 4.69) is 0 Å². The Morgan fingerprint density at radius 2 is 1.75 bits per heavy atom. The molecule has 1 heterocycles. The van der Waals surface area contributed by atoms with E-state index in [1.54, 1.807) is 0 Å². The fourth-order valence-electron chi connectivity index (χ4n) is 5.32. The van der Waals surface area contributed by atoms with Gasteiger partial charge in [-0.1, -0.05) is 0 Å². The van der Waals surface area contributed by atoms with Crippen LogP contribution in [-0.4, -0.2) is 37.1 Å². The molecule has 0 aromatic carbocycles. The molecule has 5 aliphatic rings. The second-order valence-corrected chi connectivity index (χ2v) is 7.04. The second kappa shape index (κ2) is 4.68. The highest BCUT2D eigenvalue weighted by Crippen LogP contribution is 2.55. The van der Waals surface area contributed by atoms with Crippen molar-refractivity contribution in [3.8, 4) is 0 Å². The molecule has 0 aromatic rings. The molecule has 0 unspecified atom stereocenters. The van der Waals surface area contributed by atoms with E-state index in [-0.39, 0.29) is 5.91 Å². The molecule has 0 aromatic heterocycles. The number of carbonyl (C=O) groups excluding carboxylic acids is 1. The average Bonchev–Trinajstić information content (AvgIpc) is 2.46. The van der Waals surface area contributed by atoms with E-state index in [1.165, 1.54) is 38.4 Å². The number of nitrogens with zero attached hydrogens (tertiary/aromatic N) is 1. The lowest BCUT2D eigenvalue weighted by atomic mass is 9.54. The van der Waals surface area contributed by atoms with E-state index in [4.69, 9.17) is 9.47 Å². The summed E-state index contributed by atoms with van der Waals surface area (Å²) in [7, 11) is 1.95. The van der Waals surface area contributed by atoms with E-state index < -0.39 is 0 Å². The van der Waals surface area contributed by atoms with Gasteiger partial charge in [0.15, 0.2) is 0 Å². The van der Waals surface area contributed by atoms with E-state index in [1.807, 2.05) is 11.9 Å². The molecule has 0 radical (unpaired) electrons. The maximum atomic E-state index is 12.6. The lowest BCUT2D eigenvalue weighted by molar-refractivity contribution is -0.142. The molecule has 0 saturated heterocycles. The highest BCUT2D eigenvalue weighted by Gasteiger charge is 2.50. The Balaban J connectivity index is 1.52. The first-order valence-corrected chi connectivity index (χ1v) is 7.94. The highest BCUT2D eigenvalue weighted by molar-refractivity contribution is 5.91. The maximum absolute atomic E-state index is 12.6. The van der Waals surface area contributed by atoms with Crippen LogP contribution in [0.2, 0.25) is 0 Å². The fourth-order valence-corrected chi connectivity index (χ4v) is 5.32. The van der Waals surface area contributed by atoms with Crippen molar-refractivity contribution < 1.29 is 14.3 Å². The Morgan fingerprint density at radius 1 is 1.10 bits per heavy atom. The molecule has 4 fully saturated rings. The van der Waals surface area contributed by atoms with Gasteiger partial charge >= 0.3 is 0 Å². The van der Waals surface area contributed by atoms with Crippen molar-refractivity contribution in [2.24, 2.45) is 23.7 Å². The summed E-state index contributed by atoms with van der Waals surface area (Å²) in [6.07, 6.45) is 8.23. The zero-order valence-corrected chi connectivity index (χ0v) is 12.1. The third-order valence-electron chi connectivity index (χ3n) is 5.80. The zero-order valence-electron chi connectivity index (χ0n) is 12.1. The molecule has 0 atom stereocenters. The summed E-state index contributed by atoms with van der Waals surface area (Å²) < 4.78 is 10.7. The first-order chi connectivity index (χ1) is 9.72. The number of hydrogen-bond acceptors (Lipinski definition) is 3. The molecule has 4 nitrogen and oxygen atoms in total. The lowest BCUT2D eigenvalue weighted by Crippen LogP contribution is -2.56. The standard InChI is InChI=1S/C16H23NO3/c1-17(16(18)14-9-19-2-3-20-14)15-12-5-10-4-11(7-12)8-13(15)6-10/h9-13,15H,2-8H2,1H3. The van der Waals surface area contributed by atoms with Gasteiger partial charge in [0, 0.05) is 13.1 Å². The van der Waals surface area contributed by atoms with Crippen molar-refractivity contribution in [2.75, 3.05) is 20.3 Å². The van der Waals surface area contributed by atoms with E-state index in [0.29, 0.717) is 36.9 Å². The lowest BCUT2D eigenvalue weighted by Gasteiger charge is -2.56. The molecule has 110 valence electrons. The predicted octanol–water partition coefficient (Wildman–Crippen LogP) is 2.16. The first kappa shape index (κ1) is 12.5. The molecule has 4 saturated carbocycles. The maximum Gasteiger partial charge on any atom is 0.292 e. The molecule has 4 heteroatoms. The average molecular weight is 277 g/mol. The SMILES string of the molecule is CN(C(=O)C1=COCCO1)C1C2CC3CC(C2)CC1C3. The van der Waals surface area contributed by atoms with Crippen LogP contribution in [0.15, 0.2) is 12.0 Å². The fraction of sp³-hybridized carbons (Fsp3) is 0.812. The Kier molecular flexibility index (Phi) is 2.93. The topological polar surface area (TPSA) is 38.8 Å². The number of ether oxygens (including phenoxy) is 2. The van der Waals surface area contributed by atoms with Gasteiger partial charge in [-0.05, 0) is 55.8 Å². The third-order valence-corrected chi connectivity index (χ3v) is 5.80. The van der Waals surface area contributed by atoms with Crippen molar-refractivity contribution >= 4 is 5.91 Å². The normalized spacial score (nSPS) is 41.6. The van der Waals surface area contributed by atoms with Crippen LogP contribution in [0.1, 0.15) is 32.1 Å². The van der Waals surface area contributed by atoms with Gasteiger partial charge in [-0.3, -0.25) is 4.79 Å². The molecule has 0 N–H and O–H groups in total. The van der Waals surface area contributed by atoms with Gasteiger partial charge in [0.25, 0.3) is 5.91 Å². The summed E-state index contributed by atoms with van der Waals surface area (Å²) in [5, 5.41) is 0. The summed E-state index contributed by atoms with van der Waals surface area (Å²) in [6, 6.07) is 0.418. The molecule has 4 bridgehead atoms. The molecule has 5 rings (SSSR count). The minimum atomic E-state index is 0.00201. The third kappa shape index (κ3) is 1.92. The second-order valence-electron chi connectivity index (χ2n) is 7.04. The summed E-state index contributed by atoms with van der Waals surface area (Å²) in [5.74, 6) is 3.68. The van der Waals surface area contributed by atoms with Crippen LogP contribution >= 0.6 is 0 Å². The summed E-state index contributed by atoms with van der Waals surface area (Å²) >= 11 is 0. The van der Waals surface area contributed by atoms with Crippen molar-refractivity contribution in [3.63, 3.8) is 0 Å². The molecule has 1 amide bonds. The molecule has 0 spiro atoms. The smallest absolute Gasteiger partial charge is 0.292 e. The molecular weight excluding hydrogens is 254 g/mol. The quantitative estimate of drug-likeness (QED) is 0.776. The Morgan fingerprint density at radius 3 is 2.30 bits per heavy atom. The van der Waals surface area contributed by atoms with Crippen molar-refractivity contribution in [1.82, 2.24) is 4.90 Å². The van der Waals surface area contributed by atoms with E-state index in [9.17, 15) is 4.79 Å². The van der Waals surface area contributed by atoms with Crippen molar-refractivity contribution in [2.45, 2.75) is 38.1 Å². The number of likely N-dealkylation sites (N-methyl/N-ethyl adjacent to an activating group) is 1. The van der Waals surface area contributed by atoms with Crippen LogP contribution in [0.5, 0.6) is 0 Å². The molecule has 4 aliphatic carbocycles. The zero-order chi connectivity index (χ0) is 13.7. The van der Waals surface area contributed by atoms with Gasteiger partial charge in [0.2, 0.25) is 5.76 Å². The van der Waals surface area contributed by atoms with Gasteiger partial charge in [-0.2, -0.15) is 0 Å². The highest BCUT2D eigenvalue weighted by atomic mass is 16.6. The molecule has 20 heavy (non-hydrogen) atoms. The largest absolute Gasteiger partial charge is 0.494 e. The first-order valence-electron chi connectivity index (χ1n) is 7.94. The number of rotatable bonds is 2. The summed E-state index contributed by atoms with van der Waals surface area (Å²) in [6.45, 7) is 1.02. The van der Waals surface area contributed by atoms with Crippen molar-refractivity contribution in [1.29, 1.82) is 0 Å². The number of hydrogen-bond donors (Lipinski definition) is 0. The number of carbonyl (C=O) groups is 1. The Labute approximate surface area is 120 Å². The minimum absolute atomic E-state index is 0.00201. The Bertz CT molecular complexity index is 417. The van der Waals surface area contributed by atoms with Gasteiger partial charge in [0.1, 0.15) is 19.5 Å². The monoisotopic (exact) mass is 277 g/mol. The molecule has 1 aliphatic heterocycles. The molecular formula is C16H23NO3. The van der Waals surface area contributed by atoms with E-state index >= 15 is 0 Å². The summed E-state index contributed by atoms with van der Waals surface area (Å²) in [5.41, 5.74) is 0. The summed E-state index contributed by atoms with van der Waals surface area (Å²) in [4.78, 5) is 14.5. The van der Waals surface area contributed by atoms with Crippen molar-refractivity contribution in [3.05, 3.63) is 12.0 Å². The van der Waals surface area contributed by atoms with Crippen LogP contribution < -0.4 is 0 Å². The predicted molar refractivity (Wildman–Crippen MR) is 73.6 cm³/mol.